The molecule has 6 heterocycles. The number of aromatic amines is 2. The highest BCUT2D eigenvalue weighted by molar-refractivity contribution is 5.97. The van der Waals surface area contributed by atoms with E-state index >= 15 is 0 Å². The minimum Gasteiger partial charge on any atom is -0.489 e. The number of halogens is 1. The van der Waals surface area contributed by atoms with Crippen molar-refractivity contribution in [1.82, 2.24) is 45.3 Å². The second-order valence-corrected chi connectivity index (χ2v) is 11.3. The number of nitrogens with one attached hydrogen (secondary N) is 4. The first-order valence-electron chi connectivity index (χ1n) is 14.7. The molecule has 1 aromatic carbocycles. The average molecular weight is 593 g/mol. The Morgan fingerprint density at radius 3 is 2.68 bits per heavy atom. The molecule has 5 aromatic heterocycles. The number of rotatable bonds is 9. The van der Waals surface area contributed by atoms with Crippen LogP contribution in [0.4, 0.5) is 10.1 Å². The van der Waals surface area contributed by atoms with Gasteiger partial charge in [0.2, 0.25) is 0 Å². The van der Waals surface area contributed by atoms with Gasteiger partial charge in [0.1, 0.15) is 23.4 Å². The third-order valence-corrected chi connectivity index (χ3v) is 7.76. The molecule has 0 radical (unpaired) electrons. The molecule has 1 aliphatic rings. The monoisotopic (exact) mass is 592 g/mol. The Labute approximate surface area is 253 Å². The smallest absolute Gasteiger partial charge is 0.159 e. The van der Waals surface area contributed by atoms with Crippen LogP contribution in [0.2, 0.25) is 0 Å². The van der Waals surface area contributed by atoms with Gasteiger partial charge in [-0.15, -0.1) is 0 Å². The molecule has 0 saturated carbocycles. The SMILES string of the molecule is CN(C)CCNc1cc(F)cc(-c2cncc3[nH]c(-c4n[nH]c5cnc(-c6cncc(OC7CCNCC7)c6)cc45)nc23)c1. The Kier molecular flexibility index (Phi) is 7.59. The molecule has 7 rings (SSSR count). The van der Waals surface area contributed by atoms with Crippen molar-refractivity contribution in [2.75, 3.05) is 45.6 Å². The molecule has 0 bridgehead atoms. The Bertz CT molecular complexity index is 1930. The van der Waals surface area contributed by atoms with Crippen molar-refractivity contribution in [3.8, 4) is 39.7 Å². The summed E-state index contributed by atoms with van der Waals surface area (Å²) < 4.78 is 20.9. The van der Waals surface area contributed by atoms with Crippen molar-refractivity contribution in [3.05, 3.63) is 67.1 Å². The Balaban J connectivity index is 1.21. The van der Waals surface area contributed by atoms with E-state index in [-0.39, 0.29) is 11.9 Å². The minimum absolute atomic E-state index is 0.176. The number of hydrogen-bond acceptors (Lipinski definition) is 9. The summed E-state index contributed by atoms with van der Waals surface area (Å²) in [6, 6.07) is 8.87. The summed E-state index contributed by atoms with van der Waals surface area (Å²) in [6.45, 7) is 3.43. The number of likely N-dealkylation sites (N-methyl/N-ethyl adjacent to an activating group) is 1. The van der Waals surface area contributed by atoms with Crippen molar-refractivity contribution in [2.45, 2.75) is 18.9 Å². The van der Waals surface area contributed by atoms with E-state index < -0.39 is 0 Å². The lowest BCUT2D eigenvalue weighted by Gasteiger charge is -2.23. The molecule has 6 aromatic rings. The zero-order chi connectivity index (χ0) is 30.0. The maximum absolute atomic E-state index is 14.7. The van der Waals surface area contributed by atoms with Crippen LogP contribution >= 0.6 is 0 Å². The van der Waals surface area contributed by atoms with E-state index in [9.17, 15) is 4.39 Å². The van der Waals surface area contributed by atoms with Crippen molar-refractivity contribution in [1.29, 1.82) is 0 Å². The van der Waals surface area contributed by atoms with Gasteiger partial charge in [-0.05, 0) is 75.9 Å². The van der Waals surface area contributed by atoms with Gasteiger partial charge in [0, 0.05) is 47.7 Å². The van der Waals surface area contributed by atoms with E-state index in [0.717, 1.165) is 71.5 Å². The number of anilines is 1. The first-order valence-corrected chi connectivity index (χ1v) is 14.7. The van der Waals surface area contributed by atoms with E-state index in [1.165, 1.54) is 12.1 Å². The van der Waals surface area contributed by atoms with E-state index in [2.05, 4.69) is 45.7 Å². The Morgan fingerprint density at radius 1 is 0.955 bits per heavy atom. The van der Waals surface area contributed by atoms with Gasteiger partial charge in [0.25, 0.3) is 0 Å². The first kappa shape index (κ1) is 27.9. The topological polar surface area (TPSA) is 133 Å². The molecule has 12 heteroatoms. The molecular weight excluding hydrogens is 559 g/mol. The second kappa shape index (κ2) is 12.0. The molecule has 1 aliphatic heterocycles. The molecule has 0 unspecified atom stereocenters. The van der Waals surface area contributed by atoms with Crippen molar-refractivity contribution in [2.24, 2.45) is 0 Å². The molecule has 1 fully saturated rings. The highest BCUT2D eigenvalue weighted by Gasteiger charge is 2.18. The number of aromatic nitrogens is 7. The standard InChI is InChI=1S/C32H33FN10O/c1-43(2)8-7-37-22-10-19(9-21(33)12-22)26-16-36-17-29-30(26)40-32(39-29)31-25-13-27(38-18-28(25)41-42-31)20-11-24(15-35-14-20)44-23-3-5-34-6-4-23/h9-18,23,34,37H,3-8H2,1-2H3,(H,39,40)(H,41,42). The van der Waals surface area contributed by atoms with Crippen molar-refractivity contribution < 1.29 is 9.13 Å². The zero-order valence-electron chi connectivity index (χ0n) is 24.6. The second-order valence-electron chi connectivity index (χ2n) is 11.3. The highest BCUT2D eigenvalue weighted by atomic mass is 19.1. The molecular formula is C32H33FN10O. The molecule has 44 heavy (non-hydrogen) atoms. The fourth-order valence-electron chi connectivity index (χ4n) is 5.51. The van der Waals surface area contributed by atoms with Gasteiger partial charge >= 0.3 is 0 Å². The average Bonchev–Trinajstić information content (AvgIpc) is 3.65. The third-order valence-electron chi connectivity index (χ3n) is 7.76. The van der Waals surface area contributed by atoms with Crippen LogP contribution in [-0.4, -0.2) is 86.4 Å². The number of pyridine rings is 3. The summed E-state index contributed by atoms with van der Waals surface area (Å²) in [5.41, 5.74) is 6.53. The lowest BCUT2D eigenvalue weighted by molar-refractivity contribution is 0.162. The summed E-state index contributed by atoms with van der Waals surface area (Å²) >= 11 is 0. The van der Waals surface area contributed by atoms with Crippen LogP contribution in [0.5, 0.6) is 5.75 Å². The maximum Gasteiger partial charge on any atom is 0.159 e. The summed E-state index contributed by atoms with van der Waals surface area (Å²) in [5.74, 6) is 0.967. The predicted molar refractivity (Wildman–Crippen MR) is 169 cm³/mol. The fourth-order valence-corrected chi connectivity index (χ4v) is 5.51. The number of ether oxygens (including phenoxy) is 1. The Hall–Kier alpha value is -4.94. The number of nitrogens with zero attached hydrogens (tertiary/aromatic N) is 6. The van der Waals surface area contributed by atoms with Gasteiger partial charge in [0.05, 0.1) is 40.8 Å². The molecule has 0 aliphatic carbocycles. The summed E-state index contributed by atoms with van der Waals surface area (Å²) in [7, 11) is 4.00. The summed E-state index contributed by atoms with van der Waals surface area (Å²) in [5, 5.41) is 15.2. The quantitative estimate of drug-likeness (QED) is 0.186. The van der Waals surface area contributed by atoms with E-state index in [0.29, 0.717) is 34.8 Å². The number of hydrogen-bond donors (Lipinski definition) is 4. The number of H-pyrrole nitrogens is 2. The van der Waals surface area contributed by atoms with Crippen molar-refractivity contribution in [3.63, 3.8) is 0 Å². The number of benzene rings is 1. The summed E-state index contributed by atoms with van der Waals surface area (Å²) in [4.78, 5) is 23.8. The highest BCUT2D eigenvalue weighted by Crippen LogP contribution is 2.33. The van der Waals surface area contributed by atoms with Gasteiger partial charge in [0.15, 0.2) is 5.82 Å². The van der Waals surface area contributed by atoms with Gasteiger partial charge in [-0.1, -0.05) is 0 Å². The number of piperidine rings is 1. The maximum atomic E-state index is 14.7. The van der Waals surface area contributed by atoms with Crippen LogP contribution in [0.25, 0.3) is 55.8 Å². The van der Waals surface area contributed by atoms with E-state index in [1.807, 2.05) is 32.3 Å². The van der Waals surface area contributed by atoms with Gasteiger partial charge in [-0.2, -0.15) is 5.10 Å². The Morgan fingerprint density at radius 2 is 1.82 bits per heavy atom. The van der Waals surface area contributed by atoms with Gasteiger partial charge in [-0.3, -0.25) is 20.1 Å². The van der Waals surface area contributed by atoms with Crippen LogP contribution in [0.3, 0.4) is 0 Å². The van der Waals surface area contributed by atoms with Crippen LogP contribution in [0, 0.1) is 5.82 Å². The predicted octanol–water partition coefficient (Wildman–Crippen LogP) is 4.87. The van der Waals surface area contributed by atoms with E-state index in [4.69, 9.17) is 9.72 Å². The fraction of sp³-hybridized carbons (Fsp3) is 0.281. The lowest BCUT2D eigenvalue weighted by Crippen LogP contribution is -2.34. The van der Waals surface area contributed by atoms with Crippen molar-refractivity contribution >= 4 is 27.6 Å². The molecule has 0 spiro atoms. The van der Waals surface area contributed by atoms with Crippen LogP contribution < -0.4 is 15.4 Å². The minimum atomic E-state index is -0.333. The van der Waals surface area contributed by atoms with E-state index in [1.54, 1.807) is 31.0 Å². The van der Waals surface area contributed by atoms with Crippen LogP contribution in [0.1, 0.15) is 12.8 Å². The molecule has 0 atom stereocenters. The lowest BCUT2D eigenvalue weighted by atomic mass is 10.1. The number of fused-ring (bicyclic) bond motifs is 2. The van der Waals surface area contributed by atoms with Gasteiger partial charge in [-0.25, -0.2) is 9.37 Å². The van der Waals surface area contributed by atoms with Crippen LogP contribution in [-0.2, 0) is 0 Å². The molecule has 1 saturated heterocycles. The zero-order valence-corrected chi connectivity index (χ0v) is 24.6. The largest absolute Gasteiger partial charge is 0.489 e. The molecule has 0 amide bonds. The number of imidazole rings is 1. The normalized spacial score (nSPS) is 14.1. The molecule has 11 nitrogen and oxygen atoms in total. The first-order chi connectivity index (χ1) is 21.5. The molecule has 224 valence electrons. The van der Waals surface area contributed by atoms with Crippen LogP contribution in [0.15, 0.2) is 61.3 Å². The summed E-state index contributed by atoms with van der Waals surface area (Å²) in [6.07, 6.45) is 10.8. The third kappa shape index (κ3) is 5.81. The van der Waals surface area contributed by atoms with Gasteiger partial charge < -0.3 is 25.3 Å². The molecule has 4 N–H and O–H groups in total.